The van der Waals surface area contributed by atoms with E-state index in [1.54, 1.807) is 24.3 Å². The van der Waals surface area contributed by atoms with Crippen LogP contribution < -0.4 is 10.5 Å². The lowest BCUT2D eigenvalue weighted by atomic mass is 10.2. The molecule has 132 valence electrons. The van der Waals surface area contributed by atoms with Crippen molar-refractivity contribution >= 4 is 15.9 Å². The molecule has 1 rings (SSSR count). The third-order valence-electron chi connectivity index (χ3n) is 3.14. The van der Waals surface area contributed by atoms with Gasteiger partial charge in [-0.05, 0) is 17.7 Å². The summed E-state index contributed by atoms with van der Waals surface area (Å²) in [7, 11) is -3.73. The maximum absolute atomic E-state index is 12.3. The van der Waals surface area contributed by atoms with Gasteiger partial charge in [0.05, 0.1) is 4.90 Å². The predicted octanol–water partition coefficient (Wildman–Crippen LogP) is 1.03. The minimum atomic E-state index is -3.73. The first-order valence-corrected chi connectivity index (χ1v) is 8.84. The van der Waals surface area contributed by atoms with E-state index < -0.39 is 15.9 Å². The van der Waals surface area contributed by atoms with E-state index in [0.29, 0.717) is 19.6 Å². The molecule has 0 unspecified atom stereocenters. The van der Waals surface area contributed by atoms with Gasteiger partial charge < -0.3 is 10.2 Å². The van der Waals surface area contributed by atoms with E-state index in [-0.39, 0.29) is 10.5 Å². The van der Waals surface area contributed by atoms with E-state index >= 15 is 0 Å². The van der Waals surface area contributed by atoms with Crippen LogP contribution in [-0.2, 0) is 21.4 Å². The van der Waals surface area contributed by atoms with Crippen molar-refractivity contribution in [1.82, 2.24) is 10.2 Å². The van der Waals surface area contributed by atoms with Crippen LogP contribution in [0.25, 0.3) is 0 Å². The number of hydrogen-bond donors (Lipinski definition) is 2. The zero-order chi connectivity index (χ0) is 18.9. The maximum atomic E-state index is 12.3. The standard InChI is InChI=1S/C17H20N4O3S/c1-3-9-21(10-4-2)17(22)15(11-18)13-20-12-14-5-7-16(8-6-14)25(19,23)24/h3-8,13,20H,1-2,9-10,12H2,(H2,19,23,24)/b15-13-. The number of sulfonamides is 1. The summed E-state index contributed by atoms with van der Waals surface area (Å²) >= 11 is 0. The topological polar surface area (TPSA) is 116 Å². The molecule has 0 heterocycles. The van der Waals surface area contributed by atoms with E-state index in [4.69, 9.17) is 10.4 Å². The number of nitrogens with two attached hydrogens (primary N) is 1. The second-order valence-electron chi connectivity index (χ2n) is 5.03. The molecule has 0 fully saturated rings. The van der Waals surface area contributed by atoms with E-state index in [0.717, 1.165) is 5.56 Å². The first-order chi connectivity index (χ1) is 11.8. The third kappa shape index (κ3) is 6.25. The molecule has 1 aromatic carbocycles. The molecule has 0 aliphatic carbocycles. The second kappa shape index (κ2) is 9.42. The monoisotopic (exact) mass is 360 g/mol. The van der Waals surface area contributed by atoms with Crippen LogP contribution in [0.5, 0.6) is 0 Å². The zero-order valence-corrected chi connectivity index (χ0v) is 14.5. The number of nitrogens with zero attached hydrogens (tertiary/aromatic N) is 2. The highest BCUT2D eigenvalue weighted by Crippen LogP contribution is 2.09. The Balaban J connectivity index is 2.77. The fourth-order valence-corrected chi connectivity index (χ4v) is 2.45. The molecule has 7 nitrogen and oxygen atoms in total. The van der Waals surface area contributed by atoms with Crippen molar-refractivity contribution in [3.8, 4) is 6.07 Å². The molecule has 0 bridgehead atoms. The number of nitriles is 1. The van der Waals surface area contributed by atoms with Crippen LogP contribution >= 0.6 is 0 Å². The Morgan fingerprint density at radius 2 is 1.80 bits per heavy atom. The number of primary sulfonamides is 1. The first kappa shape index (κ1) is 20.2. The average Bonchev–Trinajstić information content (AvgIpc) is 2.57. The summed E-state index contributed by atoms with van der Waals surface area (Å²) < 4.78 is 22.4. The summed E-state index contributed by atoms with van der Waals surface area (Å²) in [6.07, 6.45) is 4.46. The summed E-state index contributed by atoms with van der Waals surface area (Å²) in [6, 6.07) is 7.83. The minimum Gasteiger partial charge on any atom is -0.386 e. The van der Waals surface area contributed by atoms with Crippen molar-refractivity contribution in [3.05, 3.63) is 66.9 Å². The van der Waals surface area contributed by atoms with Crippen molar-refractivity contribution in [2.45, 2.75) is 11.4 Å². The molecule has 0 saturated carbocycles. The lowest BCUT2D eigenvalue weighted by Gasteiger charge is -2.18. The van der Waals surface area contributed by atoms with Crippen LogP contribution in [-0.4, -0.2) is 32.3 Å². The van der Waals surface area contributed by atoms with Gasteiger partial charge in [-0.3, -0.25) is 4.79 Å². The summed E-state index contributed by atoms with van der Waals surface area (Å²) in [4.78, 5) is 13.7. The van der Waals surface area contributed by atoms with E-state index in [2.05, 4.69) is 18.5 Å². The van der Waals surface area contributed by atoms with Gasteiger partial charge in [-0.1, -0.05) is 24.3 Å². The molecule has 0 saturated heterocycles. The van der Waals surface area contributed by atoms with Gasteiger partial charge in [0.2, 0.25) is 10.0 Å². The molecule has 0 spiro atoms. The van der Waals surface area contributed by atoms with E-state index in [1.807, 2.05) is 6.07 Å². The van der Waals surface area contributed by atoms with Crippen LogP contribution in [0.4, 0.5) is 0 Å². The highest BCUT2D eigenvalue weighted by atomic mass is 32.2. The SMILES string of the molecule is C=CCN(CC=C)C(=O)/C(C#N)=C\NCc1ccc(S(N)(=O)=O)cc1. The molecule has 0 aliphatic heterocycles. The average molecular weight is 360 g/mol. The molecule has 1 amide bonds. The highest BCUT2D eigenvalue weighted by molar-refractivity contribution is 7.89. The lowest BCUT2D eigenvalue weighted by molar-refractivity contribution is -0.125. The van der Waals surface area contributed by atoms with Crippen LogP contribution in [0.2, 0.25) is 0 Å². The number of amides is 1. The molecule has 0 atom stereocenters. The van der Waals surface area contributed by atoms with Gasteiger partial charge >= 0.3 is 0 Å². The van der Waals surface area contributed by atoms with Gasteiger partial charge in [-0.25, -0.2) is 13.6 Å². The highest BCUT2D eigenvalue weighted by Gasteiger charge is 2.15. The van der Waals surface area contributed by atoms with E-state index in [1.165, 1.54) is 23.2 Å². The number of carbonyl (C=O) groups is 1. The van der Waals surface area contributed by atoms with E-state index in [9.17, 15) is 13.2 Å². The second-order valence-corrected chi connectivity index (χ2v) is 6.59. The molecule has 0 radical (unpaired) electrons. The lowest BCUT2D eigenvalue weighted by Crippen LogP contribution is -2.32. The van der Waals surface area contributed by atoms with Crippen molar-refractivity contribution in [1.29, 1.82) is 5.26 Å². The van der Waals surface area contributed by atoms with Gasteiger partial charge in [0.25, 0.3) is 5.91 Å². The Hall–Kier alpha value is -2.89. The van der Waals surface area contributed by atoms with Crippen LogP contribution in [0.15, 0.2) is 66.2 Å². The van der Waals surface area contributed by atoms with Crippen LogP contribution in [0, 0.1) is 11.3 Å². The largest absolute Gasteiger partial charge is 0.386 e. The van der Waals surface area contributed by atoms with Crippen LogP contribution in [0.1, 0.15) is 5.56 Å². The normalized spacial score (nSPS) is 11.3. The molecular weight excluding hydrogens is 340 g/mol. The molecular formula is C17H20N4O3S. The summed E-state index contributed by atoms with van der Waals surface area (Å²) in [5, 5.41) is 17.1. The number of carbonyl (C=O) groups excluding carboxylic acids is 1. The number of nitrogens with one attached hydrogen (secondary N) is 1. The van der Waals surface area contributed by atoms with Gasteiger partial charge in [-0.15, -0.1) is 13.2 Å². The number of hydrogen-bond acceptors (Lipinski definition) is 5. The van der Waals surface area contributed by atoms with Gasteiger partial charge in [0.1, 0.15) is 11.6 Å². The van der Waals surface area contributed by atoms with Gasteiger partial charge in [0.15, 0.2) is 0 Å². The van der Waals surface area contributed by atoms with Gasteiger partial charge in [0, 0.05) is 25.8 Å². The Kier molecular flexibility index (Phi) is 7.59. The van der Waals surface area contributed by atoms with Crippen molar-refractivity contribution in [3.63, 3.8) is 0 Å². The molecule has 0 aliphatic rings. The fraction of sp³-hybridized carbons (Fsp3) is 0.176. The maximum Gasteiger partial charge on any atom is 0.266 e. The van der Waals surface area contributed by atoms with Crippen molar-refractivity contribution < 1.29 is 13.2 Å². The van der Waals surface area contributed by atoms with Crippen molar-refractivity contribution in [2.75, 3.05) is 13.1 Å². The smallest absolute Gasteiger partial charge is 0.266 e. The predicted molar refractivity (Wildman–Crippen MR) is 95.3 cm³/mol. The number of rotatable bonds is 9. The van der Waals surface area contributed by atoms with Gasteiger partial charge in [-0.2, -0.15) is 5.26 Å². The molecule has 8 heteroatoms. The number of benzene rings is 1. The Morgan fingerprint density at radius 1 is 1.24 bits per heavy atom. The van der Waals surface area contributed by atoms with Crippen molar-refractivity contribution in [2.24, 2.45) is 5.14 Å². The summed E-state index contributed by atoms with van der Waals surface area (Å²) in [5.74, 6) is -0.431. The molecule has 25 heavy (non-hydrogen) atoms. The quantitative estimate of drug-likeness (QED) is 0.388. The fourth-order valence-electron chi connectivity index (χ4n) is 1.93. The Labute approximate surface area is 147 Å². The Bertz CT molecular complexity index is 795. The zero-order valence-electron chi connectivity index (χ0n) is 13.7. The molecule has 0 aromatic heterocycles. The summed E-state index contributed by atoms with van der Waals surface area (Å²) in [5.41, 5.74) is 0.715. The first-order valence-electron chi connectivity index (χ1n) is 7.30. The molecule has 1 aromatic rings. The molecule has 3 N–H and O–H groups in total. The minimum absolute atomic E-state index is 0.0178. The van der Waals surface area contributed by atoms with Crippen LogP contribution in [0.3, 0.4) is 0 Å². The summed E-state index contributed by atoms with van der Waals surface area (Å²) in [6.45, 7) is 8.08. The Morgan fingerprint density at radius 3 is 2.24 bits per heavy atom. The third-order valence-corrected chi connectivity index (χ3v) is 4.07.